The fourth-order valence-electron chi connectivity index (χ4n) is 2.60. The third kappa shape index (κ3) is 4.29. The summed E-state index contributed by atoms with van der Waals surface area (Å²) in [7, 11) is 0. The van der Waals surface area contributed by atoms with Crippen molar-refractivity contribution in [3.8, 4) is 0 Å². The first-order chi connectivity index (χ1) is 12.9. The summed E-state index contributed by atoms with van der Waals surface area (Å²) in [5, 5.41) is 10.4. The van der Waals surface area contributed by atoms with Gasteiger partial charge in [0.05, 0.1) is 23.0 Å². The highest BCUT2D eigenvalue weighted by molar-refractivity contribution is 8.18. The Bertz CT molecular complexity index is 853. The van der Waals surface area contributed by atoms with Crippen LogP contribution in [0.5, 0.6) is 0 Å². The van der Waals surface area contributed by atoms with E-state index in [0.717, 1.165) is 4.90 Å². The first kappa shape index (κ1) is 19.3. The zero-order chi connectivity index (χ0) is 19.6. The number of hydrogen-bond donors (Lipinski definition) is 0. The highest BCUT2D eigenvalue weighted by Gasteiger charge is 2.37. The summed E-state index contributed by atoms with van der Waals surface area (Å²) in [4.78, 5) is 49.7. The van der Waals surface area contributed by atoms with Gasteiger partial charge in [0.15, 0.2) is 0 Å². The van der Waals surface area contributed by atoms with E-state index in [1.807, 2.05) is 0 Å². The second-order valence-corrected chi connectivity index (χ2v) is 7.13. The van der Waals surface area contributed by atoms with E-state index in [4.69, 9.17) is 16.3 Å². The molecular weight excluding hydrogens is 398 g/mol. The molecule has 0 atom stereocenters. The van der Waals surface area contributed by atoms with Gasteiger partial charge in [0, 0.05) is 19.2 Å². The number of nitro groups is 1. The molecule has 0 unspecified atom stereocenters. The summed E-state index contributed by atoms with van der Waals surface area (Å²) in [6.45, 7) is 1.33. The van der Waals surface area contributed by atoms with Crippen molar-refractivity contribution in [2.45, 2.75) is 0 Å². The molecule has 1 aromatic carbocycles. The number of thioether (sulfide) groups is 1. The van der Waals surface area contributed by atoms with Gasteiger partial charge in [0.2, 0.25) is 5.91 Å². The van der Waals surface area contributed by atoms with Crippen LogP contribution in [0.4, 0.5) is 10.5 Å². The molecule has 0 bridgehead atoms. The summed E-state index contributed by atoms with van der Waals surface area (Å²) in [5.74, 6) is -0.937. The van der Waals surface area contributed by atoms with Crippen LogP contribution in [-0.2, 0) is 14.3 Å². The van der Waals surface area contributed by atoms with Crippen LogP contribution in [0.3, 0.4) is 0 Å². The summed E-state index contributed by atoms with van der Waals surface area (Å²) in [5.41, 5.74) is 0.0586. The molecule has 0 radical (unpaired) electrons. The maximum atomic E-state index is 12.5. The fourth-order valence-corrected chi connectivity index (χ4v) is 3.62. The van der Waals surface area contributed by atoms with Gasteiger partial charge in [-0.1, -0.05) is 17.7 Å². The van der Waals surface area contributed by atoms with Crippen LogP contribution in [0.1, 0.15) is 5.56 Å². The molecule has 0 spiro atoms. The van der Waals surface area contributed by atoms with Crippen molar-refractivity contribution in [1.29, 1.82) is 0 Å². The van der Waals surface area contributed by atoms with E-state index in [-0.39, 0.29) is 28.1 Å². The molecule has 0 aromatic heterocycles. The van der Waals surface area contributed by atoms with Gasteiger partial charge in [0.1, 0.15) is 11.6 Å². The van der Waals surface area contributed by atoms with E-state index in [0.29, 0.717) is 43.6 Å². The minimum Gasteiger partial charge on any atom is -0.378 e. The second kappa shape index (κ2) is 8.07. The highest BCUT2D eigenvalue weighted by atomic mass is 35.5. The van der Waals surface area contributed by atoms with Gasteiger partial charge in [0.25, 0.3) is 16.8 Å². The van der Waals surface area contributed by atoms with E-state index in [1.54, 1.807) is 4.90 Å². The lowest BCUT2D eigenvalue weighted by atomic mass is 10.2. The Morgan fingerprint density at radius 1 is 1.33 bits per heavy atom. The van der Waals surface area contributed by atoms with Crippen molar-refractivity contribution >= 4 is 52.2 Å². The normalized spacial score (nSPS) is 19.1. The Morgan fingerprint density at radius 2 is 2.04 bits per heavy atom. The van der Waals surface area contributed by atoms with Crippen molar-refractivity contribution in [3.63, 3.8) is 0 Å². The molecule has 2 aliphatic rings. The molecule has 0 N–H and O–H groups in total. The van der Waals surface area contributed by atoms with Crippen LogP contribution in [0, 0.1) is 10.1 Å². The Labute approximate surface area is 163 Å². The highest BCUT2D eigenvalue weighted by Crippen LogP contribution is 2.33. The maximum Gasteiger partial charge on any atom is 0.294 e. The maximum absolute atomic E-state index is 12.5. The van der Waals surface area contributed by atoms with E-state index in [9.17, 15) is 24.5 Å². The van der Waals surface area contributed by atoms with Crippen LogP contribution in [0.2, 0.25) is 5.02 Å². The third-order valence-electron chi connectivity index (χ3n) is 4.00. The van der Waals surface area contributed by atoms with Crippen molar-refractivity contribution in [2.24, 2.45) is 0 Å². The number of carbonyl (C=O) groups is 3. The van der Waals surface area contributed by atoms with Gasteiger partial charge in [-0.2, -0.15) is 0 Å². The van der Waals surface area contributed by atoms with Crippen LogP contribution in [-0.4, -0.2) is 64.6 Å². The SMILES string of the molecule is O=C(CN1C(=O)S/C(=C/c2ccc(Cl)c([N+](=O)[O-])c2)C1=O)N1CCOCC1. The molecule has 3 amide bonds. The smallest absolute Gasteiger partial charge is 0.294 e. The van der Waals surface area contributed by atoms with Gasteiger partial charge in [-0.3, -0.25) is 29.4 Å². The molecule has 1 aromatic rings. The quantitative estimate of drug-likeness (QED) is 0.424. The van der Waals surface area contributed by atoms with E-state index in [1.165, 1.54) is 24.3 Å². The number of halogens is 1. The van der Waals surface area contributed by atoms with Gasteiger partial charge in [-0.05, 0) is 29.5 Å². The van der Waals surface area contributed by atoms with E-state index in [2.05, 4.69) is 0 Å². The molecule has 2 aliphatic heterocycles. The number of ether oxygens (including phenoxy) is 1. The lowest BCUT2D eigenvalue weighted by molar-refractivity contribution is -0.384. The fraction of sp³-hybridized carbons (Fsp3) is 0.312. The number of carbonyl (C=O) groups excluding carboxylic acids is 3. The molecular formula is C16H14ClN3O6S. The van der Waals surface area contributed by atoms with E-state index < -0.39 is 16.1 Å². The molecule has 142 valence electrons. The van der Waals surface area contributed by atoms with Gasteiger partial charge < -0.3 is 9.64 Å². The Balaban J connectivity index is 1.75. The molecule has 3 rings (SSSR count). The molecule has 0 saturated carbocycles. The molecule has 2 saturated heterocycles. The van der Waals surface area contributed by atoms with Crippen LogP contribution in [0.15, 0.2) is 23.1 Å². The molecule has 11 heteroatoms. The number of amides is 3. The van der Waals surface area contributed by atoms with Crippen LogP contribution >= 0.6 is 23.4 Å². The Kier molecular flexibility index (Phi) is 5.78. The predicted molar refractivity (Wildman–Crippen MR) is 98.2 cm³/mol. The topological polar surface area (TPSA) is 110 Å². The summed E-state index contributed by atoms with van der Waals surface area (Å²) in [6.07, 6.45) is 1.37. The number of benzene rings is 1. The average molecular weight is 412 g/mol. The first-order valence-corrected chi connectivity index (χ1v) is 9.11. The molecule has 9 nitrogen and oxygen atoms in total. The van der Waals surface area contributed by atoms with Crippen molar-refractivity contribution in [2.75, 3.05) is 32.8 Å². The molecule has 27 heavy (non-hydrogen) atoms. The zero-order valence-electron chi connectivity index (χ0n) is 13.9. The number of nitrogens with zero attached hydrogens (tertiary/aromatic N) is 3. The van der Waals surface area contributed by atoms with Gasteiger partial charge >= 0.3 is 0 Å². The van der Waals surface area contributed by atoms with Gasteiger partial charge in [-0.25, -0.2) is 0 Å². The van der Waals surface area contributed by atoms with Crippen LogP contribution in [0.25, 0.3) is 6.08 Å². The molecule has 2 heterocycles. The second-order valence-electron chi connectivity index (χ2n) is 5.73. The van der Waals surface area contributed by atoms with Crippen LogP contribution < -0.4 is 0 Å². The van der Waals surface area contributed by atoms with Crippen molar-refractivity contribution in [3.05, 3.63) is 43.8 Å². The summed E-state index contributed by atoms with van der Waals surface area (Å²) in [6, 6.07) is 4.06. The van der Waals surface area contributed by atoms with Gasteiger partial charge in [-0.15, -0.1) is 0 Å². The number of rotatable bonds is 4. The van der Waals surface area contributed by atoms with Crippen molar-refractivity contribution < 1.29 is 24.0 Å². The standard InChI is InChI=1S/C16H14ClN3O6S/c17-11-2-1-10(7-12(11)20(24)25)8-13-15(22)19(16(23)27-13)9-14(21)18-3-5-26-6-4-18/h1-2,7-8H,3-6,9H2/b13-8+. The number of morpholine rings is 1. The third-order valence-corrected chi connectivity index (χ3v) is 5.22. The monoisotopic (exact) mass is 411 g/mol. The number of imide groups is 1. The van der Waals surface area contributed by atoms with E-state index >= 15 is 0 Å². The predicted octanol–water partition coefficient (Wildman–Crippen LogP) is 2.14. The molecule has 0 aliphatic carbocycles. The summed E-state index contributed by atoms with van der Waals surface area (Å²) < 4.78 is 5.17. The first-order valence-electron chi connectivity index (χ1n) is 7.91. The Hall–Kier alpha value is -2.43. The zero-order valence-corrected chi connectivity index (χ0v) is 15.5. The lowest BCUT2D eigenvalue weighted by Crippen LogP contribution is -2.46. The average Bonchev–Trinajstić information content (AvgIpc) is 2.91. The summed E-state index contributed by atoms with van der Waals surface area (Å²) >= 11 is 6.45. The largest absolute Gasteiger partial charge is 0.378 e. The van der Waals surface area contributed by atoms with Crippen molar-refractivity contribution in [1.82, 2.24) is 9.80 Å². The lowest BCUT2D eigenvalue weighted by Gasteiger charge is -2.28. The number of nitro benzene ring substituents is 1. The minimum atomic E-state index is -0.633. The number of hydrogen-bond acceptors (Lipinski definition) is 7. The molecule has 2 fully saturated rings. The Morgan fingerprint density at radius 3 is 2.70 bits per heavy atom. The minimum absolute atomic E-state index is 0.0265.